The number of carbonyl (C=O) groups excluding carboxylic acids is 1. The molecule has 2 aromatic heterocycles. The first kappa shape index (κ1) is 12.2. The average Bonchev–Trinajstić information content (AvgIpc) is 2.43. The molecule has 6 nitrogen and oxygen atoms in total. The average molecular weight is 245 g/mol. The minimum absolute atomic E-state index is 0.0264. The van der Waals surface area contributed by atoms with Crippen LogP contribution in [0, 0.1) is 0 Å². The molecule has 2 aromatic rings. The summed E-state index contributed by atoms with van der Waals surface area (Å²) in [5, 5.41) is 2.98. The number of aromatic nitrogens is 3. The fourth-order valence-electron chi connectivity index (χ4n) is 1.43. The van der Waals surface area contributed by atoms with Gasteiger partial charge in [0.15, 0.2) is 5.65 Å². The summed E-state index contributed by atoms with van der Waals surface area (Å²) in [5.74, 6) is 0.652. The second kappa shape index (κ2) is 5.39. The fraction of sp³-hybridized carbons (Fsp3) is 0.333. The van der Waals surface area contributed by atoms with Gasteiger partial charge < -0.3 is 10.2 Å². The number of nitrogens with zero attached hydrogens (tertiary/aromatic N) is 4. The molecule has 6 heteroatoms. The molecule has 1 N–H and O–H groups in total. The van der Waals surface area contributed by atoms with Crippen LogP contribution < -0.4 is 5.32 Å². The van der Waals surface area contributed by atoms with Gasteiger partial charge in [0.2, 0.25) is 5.91 Å². The number of rotatable bonds is 4. The van der Waals surface area contributed by atoms with Crippen molar-refractivity contribution in [2.45, 2.75) is 6.92 Å². The minimum atomic E-state index is 0.0264. The summed E-state index contributed by atoms with van der Waals surface area (Å²) < 4.78 is 0. The largest absolute Gasteiger partial charge is 0.361 e. The third-order valence-corrected chi connectivity index (χ3v) is 2.65. The minimum Gasteiger partial charge on any atom is -0.361 e. The van der Waals surface area contributed by atoms with Crippen LogP contribution in [-0.2, 0) is 4.79 Å². The number of fused-ring (bicyclic) bond motifs is 1. The molecule has 0 radical (unpaired) electrons. The van der Waals surface area contributed by atoms with Crippen LogP contribution in [0.3, 0.4) is 0 Å². The Balaban J connectivity index is 2.06. The summed E-state index contributed by atoms with van der Waals surface area (Å²) in [7, 11) is 1.77. The van der Waals surface area contributed by atoms with E-state index in [1.807, 2.05) is 13.0 Å². The number of nitrogens with one attached hydrogen (secondary N) is 1. The molecule has 0 aliphatic carbocycles. The zero-order valence-electron chi connectivity index (χ0n) is 10.4. The molecule has 0 unspecified atom stereocenters. The lowest BCUT2D eigenvalue weighted by atomic mass is 10.4. The summed E-state index contributed by atoms with van der Waals surface area (Å²) in [6.07, 6.45) is 3.21. The molecular formula is C12H15N5O. The van der Waals surface area contributed by atoms with Gasteiger partial charge in [-0.2, -0.15) is 0 Å². The standard InChI is InChI=1S/C12H15N5O/c1-3-17(2)11(18)8-15-10-5-4-9-12(16-10)14-7-6-13-9/h4-7H,3,8H2,1-2H3,(H,14,15,16). The molecule has 0 saturated heterocycles. The number of likely N-dealkylation sites (N-methyl/N-ethyl adjacent to an activating group) is 1. The first-order valence-corrected chi connectivity index (χ1v) is 5.76. The number of pyridine rings is 1. The van der Waals surface area contributed by atoms with Gasteiger partial charge >= 0.3 is 0 Å². The van der Waals surface area contributed by atoms with Gasteiger partial charge in [0, 0.05) is 26.0 Å². The van der Waals surface area contributed by atoms with Crippen LogP contribution in [0.5, 0.6) is 0 Å². The van der Waals surface area contributed by atoms with Crippen molar-refractivity contribution < 1.29 is 4.79 Å². The van der Waals surface area contributed by atoms with Gasteiger partial charge in [-0.05, 0) is 19.1 Å². The second-order valence-electron chi connectivity index (χ2n) is 3.86. The van der Waals surface area contributed by atoms with E-state index in [2.05, 4.69) is 20.3 Å². The van der Waals surface area contributed by atoms with E-state index < -0.39 is 0 Å². The van der Waals surface area contributed by atoms with Crippen LogP contribution >= 0.6 is 0 Å². The van der Waals surface area contributed by atoms with Gasteiger partial charge in [-0.1, -0.05) is 0 Å². The predicted molar refractivity (Wildman–Crippen MR) is 69.1 cm³/mol. The first-order valence-electron chi connectivity index (χ1n) is 5.76. The monoisotopic (exact) mass is 245 g/mol. The topological polar surface area (TPSA) is 71.0 Å². The highest BCUT2D eigenvalue weighted by Gasteiger charge is 2.06. The molecule has 0 fully saturated rings. The van der Waals surface area contributed by atoms with Gasteiger partial charge in [-0.15, -0.1) is 0 Å². The number of hydrogen-bond donors (Lipinski definition) is 1. The highest BCUT2D eigenvalue weighted by molar-refractivity contribution is 5.80. The molecule has 0 aliphatic rings. The normalized spacial score (nSPS) is 10.3. The van der Waals surface area contributed by atoms with Crippen LogP contribution in [0.1, 0.15) is 6.92 Å². The van der Waals surface area contributed by atoms with Gasteiger partial charge in [0.1, 0.15) is 11.3 Å². The summed E-state index contributed by atoms with van der Waals surface area (Å²) >= 11 is 0. The third-order valence-electron chi connectivity index (χ3n) is 2.65. The van der Waals surface area contributed by atoms with Crippen molar-refractivity contribution in [2.24, 2.45) is 0 Å². The van der Waals surface area contributed by atoms with E-state index in [1.165, 1.54) is 0 Å². The fourth-order valence-corrected chi connectivity index (χ4v) is 1.43. The van der Waals surface area contributed by atoms with Crippen LogP contribution in [0.25, 0.3) is 11.2 Å². The van der Waals surface area contributed by atoms with Gasteiger partial charge in [-0.3, -0.25) is 9.78 Å². The van der Waals surface area contributed by atoms with Crippen molar-refractivity contribution in [3.8, 4) is 0 Å². The van der Waals surface area contributed by atoms with Gasteiger partial charge in [-0.25, -0.2) is 9.97 Å². The summed E-state index contributed by atoms with van der Waals surface area (Å²) in [4.78, 5) is 25.8. The van der Waals surface area contributed by atoms with Crippen LogP contribution in [0.2, 0.25) is 0 Å². The Morgan fingerprint density at radius 3 is 2.89 bits per heavy atom. The molecule has 18 heavy (non-hydrogen) atoms. The molecule has 0 spiro atoms. The molecule has 0 aliphatic heterocycles. The maximum atomic E-state index is 11.6. The van der Waals surface area contributed by atoms with Crippen molar-refractivity contribution in [3.63, 3.8) is 0 Å². The lowest BCUT2D eigenvalue weighted by molar-refractivity contribution is -0.127. The van der Waals surface area contributed by atoms with Crippen LogP contribution in [0.15, 0.2) is 24.5 Å². The highest BCUT2D eigenvalue weighted by atomic mass is 16.2. The van der Waals surface area contributed by atoms with Crippen molar-refractivity contribution in [2.75, 3.05) is 25.5 Å². The summed E-state index contributed by atoms with van der Waals surface area (Å²) in [6.45, 7) is 2.85. The Bertz CT molecular complexity index is 557. The Hall–Kier alpha value is -2.24. The summed E-state index contributed by atoms with van der Waals surface area (Å²) in [6, 6.07) is 3.61. The van der Waals surface area contributed by atoms with E-state index in [-0.39, 0.29) is 12.5 Å². The number of carbonyl (C=O) groups is 1. The molecule has 2 heterocycles. The Morgan fingerprint density at radius 2 is 2.11 bits per heavy atom. The molecule has 0 bridgehead atoms. The predicted octanol–water partition coefficient (Wildman–Crippen LogP) is 0.915. The first-order chi connectivity index (χ1) is 8.70. The smallest absolute Gasteiger partial charge is 0.241 e. The maximum Gasteiger partial charge on any atom is 0.241 e. The van der Waals surface area contributed by atoms with E-state index >= 15 is 0 Å². The number of hydrogen-bond acceptors (Lipinski definition) is 5. The second-order valence-corrected chi connectivity index (χ2v) is 3.86. The molecule has 0 saturated carbocycles. The molecular weight excluding hydrogens is 230 g/mol. The molecule has 0 aromatic carbocycles. The quantitative estimate of drug-likeness (QED) is 0.867. The number of anilines is 1. The molecule has 94 valence electrons. The van der Waals surface area contributed by atoms with Crippen molar-refractivity contribution in [3.05, 3.63) is 24.5 Å². The lowest BCUT2D eigenvalue weighted by Gasteiger charge is -2.14. The SMILES string of the molecule is CCN(C)C(=O)CNc1ccc2nccnc2n1. The van der Waals surface area contributed by atoms with Gasteiger partial charge in [0.05, 0.1) is 6.54 Å². The van der Waals surface area contributed by atoms with E-state index in [9.17, 15) is 4.79 Å². The van der Waals surface area contributed by atoms with Crippen LogP contribution in [0.4, 0.5) is 5.82 Å². The van der Waals surface area contributed by atoms with Crippen LogP contribution in [-0.4, -0.2) is 45.9 Å². The van der Waals surface area contributed by atoms with Gasteiger partial charge in [0.25, 0.3) is 0 Å². The van der Waals surface area contributed by atoms with Crippen molar-refractivity contribution in [1.29, 1.82) is 0 Å². The zero-order chi connectivity index (χ0) is 13.0. The maximum absolute atomic E-state index is 11.6. The zero-order valence-corrected chi connectivity index (χ0v) is 10.4. The number of amides is 1. The van der Waals surface area contributed by atoms with E-state index in [0.29, 0.717) is 18.0 Å². The Morgan fingerprint density at radius 1 is 1.33 bits per heavy atom. The van der Waals surface area contributed by atoms with Crippen molar-refractivity contribution in [1.82, 2.24) is 19.9 Å². The van der Waals surface area contributed by atoms with E-state index in [0.717, 1.165) is 5.52 Å². The summed E-state index contributed by atoms with van der Waals surface area (Å²) in [5.41, 5.74) is 1.30. The highest BCUT2D eigenvalue weighted by Crippen LogP contribution is 2.09. The van der Waals surface area contributed by atoms with E-state index in [4.69, 9.17) is 0 Å². The molecule has 1 amide bonds. The molecule has 2 rings (SSSR count). The Kier molecular flexibility index (Phi) is 3.66. The lowest BCUT2D eigenvalue weighted by Crippen LogP contribution is -2.32. The Labute approximate surface area is 105 Å². The van der Waals surface area contributed by atoms with E-state index in [1.54, 1.807) is 30.4 Å². The van der Waals surface area contributed by atoms with Crippen molar-refractivity contribution >= 4 is 22.9 Å². The third kappa shape index (κ3) is 2.71. The molecule has 0 atom stereocenters.